The first-order chi connectivity index (χ1) is 17.7. The molecule has 0 spiro atoms. The summed E-state index contributed by atoms with van der Waals surface area (Å²) >= 11 is 0. The second-order valence-corrected chi connectivity index (χ2v) is 11.1. The lowest BCUT2D eigenvalue weighted by molar-refractivity contribution is -0.146. The first-order valence-electron chi connectivity index (χ1n) is 13.3. The van der Waals surface area contributed by atoms with Crippen LogP contribution in [0.5, 0.6) is 5.75 Å². The van der Waals surface area contributed by atoms with Crippen molar-refractivity contribution in [1.29, 1.82) is 0 Å². The van der Waals surface area contributed by atoms with Gasteiger partial charge in [0.25, 0.3) is 0 Å². The van der Waals surface area contributed by atoms with Gasteiger partial charge in [-0.25, -0.2) is 4.79 Å². The van der Waals surface area contributed by atoms with Gasteiger partial charge >= 0.3 is 6.09 Å². The van der Waals surface area contributed by atoms with Gasteiger partial charge in [-0.15, -0.1) is 0 Å². The lowest BCUT2D eigenvalue weighted by atomic mass is 9.96. The number of hydrogen-bond donors (Lipinski definition) is 4. The topological polar surface area (TPSA) is 151 Å². The van der Waals surface area contributed by atoms with Crippen LogP contribution in [0, 0.1) is 5.92 Å². The van der Waals surface area contributed by atoms with Crippen LogP contribution in [0.1, 0.15) is 92.2 Å². The van der Waals surface area contributed by atoms with Crippen molar-refractivity contribution < 1.29 is 29.0 Å². The number of rotatable bonds is 14. The van der Waals surface area contributed by atoms with E-state index in [-0.39, 0.29) is 5.75 Å². The molecule has 0 aliphatic rings. The molecule has 0 saturated carbocycles. The van der Waals surface area contributed by atoms with E-state index in [1.807, 2.05) is 13.8 Å². The van der Waals surface area contributed by atoms with Gasteiger partial charge in [0.05, 0.1) is 6.42 Å². The number of benzene rings is 1. The Morgan fingerprint density at radius 1 is 1.05 bits per heavy atom. The van der Waals surface area contributed by atoms with E-state index < -0.39 is 54.0 Å². The quantitative estimate of drug-likeness (QED) is 0.267. The van der Waals surface area contributed by atoms with Crippen molar-refractivity contribution in [3.8, 4) is 5.75 Å². The molecule has 1 rings (SSSR count). The third-order valence-corrected chi connectivity index (χ3v) is 5.85. The lowest BCUT2D eigenvalue weighted by Crippen LogP contribution is -2.56. The van der Waals surface area contributed by atoms with E-state index in [9.17, 15) is 24.3 Å². The zero-order chi connectivity index (χ0) is 29.0. The summed E-state index contributed by atoms with van der Waals surface area (Å²) in [5, 5.41) is 15.2. The standard InChI is InChI=1S/C28H46N4O6/c1-8-9-16-30-25(35)24(20-12-14-21(33)15-13-20)32(19(4)11-10-18(2)3)26(36)22(17-23(29)34)31-27(37)38-28(5,6)7/h12-15,18-19,22,24,33H,8-11,16-17H2,1-7H3,(H2,29,34)(H,30,35)(H,31,37). The number of nitrogens with zero attached hydrogens (tertiary/aromatic N) is 1. The zero-order valence-electron chi connectivity index (χ0n) is 23.9. The number of nitrogens with one attached hydrogen (secondary N) is 2. The first-order valence-corrected chi connectivity index (χ1v) is 13.3. The maximum atomic E-state index is 14.1. The summed E-state index contributed by atoms with van der Waals surface area (Å²) in [5.41, 5.74) is 5.10. The van der Waals surface area contributed by atoms with Crippen LogP contribution >= 0.6 is 0 Å². The second kappa shape index (κ2) is 15.2. The van der Waals surface area contributed by atoms with Crippen LogP contribution in [0.4, 0.5) is 4.79 Å². The van der Waals surface area contributed by atoms with Gasteiger partial charge in [-0.2, -0.15) is 0 Å². The monoisotopic (exact) mass is 534 g/mol. The van der Waals surface area contributed by atoms with E-state index >= 15 is 0 Å². The van der Waals surface area contributed by atoms with Crippen molar-refractivity contribution in [3.05, 3.63) is 29.8 Å². The Balaban J connectivity index is 3.57. The SMILES string of the molecule is CCCCNC(=O)C(c1ccc(O)cc1)N(C(=O)C(CC(N)=O)NC(=O)OC(C)(C)C)C(C)CCC(C)C. The highest BCUT2D eigenvalue weighted by molar-refractivity contribution is 5.94. The average molecular weight is 535 g/mol. The van der Waals surface area contributed by atoms with E-state index in [4.69, 9.17) is 10.5 Å². The molecule has 38 heavy (non-hydrogen) atoms. The molecule has 214 valence electrons. The number of carbonyl (C=O) groups excluding carboxylic acids is 4. The van der Waals surface area contributed by atoms with Crippen LogP contribution in [0.25, 0.3) is 0 Å². The third-order valence-electron chi connectivity index (χ3n) is 5.85. The van der Waals surface area contributed by atoms with Crippen LogP contribution in [0.2, 0.25) is 0 Å². The van der Waals surface area contributed by atoms with E-state index in [0.29, 0.717) is 24.4 Å². The van der Waals surface area contributed by atoms with Crippen molar-refractivity contribution >= 4 is 23.8 Å². The van der Waals surface area contributed by atoms with Gasteiger partial charge in [-0.1, -0.05) is 39.3 Å². The van der Waals surface area contributed by atoms with Crippen LogP contribution in [0.3, 0.4) is 0 Å². The summed E-state index contributed by atoms with van der Waals surface area (Å²) in [5.74, 6) is -1.45. The molecule has 4 amide bonds. The number of ether oxygens (including phenoxy) is 1. The van der Waals surface area contributed by atoms with Gasteiger partial charge in [0.2, 0.25) is 17.7 Å². The van der Waals surface area contributed by atoms with E-state index in [2.05, 4.69) is 24.5 Å². The number of nitrogens with two attached hydrogens (primary N) is 1. The molecule has 5 N–H and O–H groups in total. The van der Waals surface area contributed by atoms with Crippen molar-refractivity contribution in [1.82, 2.24) is 15.5 Å². The summed E-state index contributed by atoms with van der Waals surface area (Å²) in [6.07, 6.45) is 1.65. The molecule has 0 fully saturated rings. The number of primary amides is 1. The molecule has 0 aromatic heterocycles. The van der Waals surface area contributed by atoms with E-state index in [1.165, 1.54) is 17.0 Å². The largest absolute Gasteiger partial charge is 0.508 e. The van der Waals surface area contributed by atoms with Crippen molar-refractivity contribution in [2.45, 2.75) is 104 Å². The summed E-state index contributed by atoms with van der Waals surface area (Å²) in [6.45, 7) is 13.4. The number of carbonyl (C=O) groups is 4. The smallest absolute Gasteiger partial charge is 0.408 e. The van der Waals surface area contributed by atoms with E-state index in [0.717, 1.165) is 19.3 Å². The fraction of sp³-hybridized carbons (Fsp3) is 0.643. The highest BCUT2D eigenvalue weighted by Gasteiger charge is 2.39. The highest BCUT2D eigenvalue weighted by atomic mass is 16.6. The van der Waals surface area contributed by atoms with Gasteiger partial charge in [0, 0.05) is 12.6 Å². The fourth-order valence-electron chi connectivity index (χ4n) is 3.92. The van der Waals surface area contributed by atoms with Gasteiger partial charge < -0.3 is 31.1 Å². The highest BCUT2D eigenvalue weighted by Crippen LogP contribution is 2.29. The van der Waals surface area contributed by atoms with Crippen LogP contribution in [-0.4, -0.2) is 58.1 Å². The van der Waals surface area contributed by atoms with Crippen LogP contribution < -0.4 is 16.4 Å². The Morgan fingerprint density at radius 2 is 1.66 bits per heavy atom. The molecular formula is C28H46N4O6. The Hall–Kier alpha value is -3.30. The zero-order valence-corrected chi connectivity index (χ0v) is 23.9. The Kier molecular flexibility index (Phi) is 13.1. The molecule has 3 unspecified atom stereocenters. The normalized spacial score (nSPS) is 13.8. The third kappa shape index (κ3) is 11.4. The Bertz CT molecular complexity index is 926. The Morgan fingerprint density at radius 3 is 2.16 bits per heavy atom. The first kappa shape index (κ1) is 32.7. The molecule has 1 aromatic rings. The molecule has 3 atom stereocenters. The van der Waals surface area contributed by atoms with E-state index in [1.54, 1.807) is 32.9 Å². The molecule has 0 radical (unpaired) electrons. The molecule has 0 saturated heterocycles. The van der Waals surface area contributed by atoms with Crippen molar-refractivity contribution in [3.63, 3.8) is 0 Å². The Labute approximate surface area is 226 Å². The average Bonchev–Trinajstić information content (AvgIpc) is 2.79. The van der Waals surface area contributed by atoms with Crippen molar-refractivity contribution in [2.75, 3.05) is 6.54 Å². The number of alkyl carbamates (subject to hydrolysis) is 1. The second-order valence-electron chi connectivity index (χ2n) is 11.1. The number of hydrogen-bond acceptors (Lipinski definition) is 6. The lowest BCUT2D eigenvalue weighted by Gasteiger charge is -2.38. The van der Waals surface area contributed by atoms with Gasteiger partial charge in [0.15, 0.2) is 0 Å². The molecule has 10 nitrogen and oxygen atoms in total. The predicted octanol–water partition coefficient (Wildman–Crippen LogP) is 3.77. The minimum Gasteiger partial charge on any atom is -0.508 e. The van der Waals surface area contributed by atoms with Crippen LogP contribution in [0.15, 0.2) is 24.3 Å². The fourth-order valence-corrected chi connectivity index (χ4v) is 3.92. The number of phenols is 1. The molecule has 0 bridgehead atoms. The number of aromatic hydroxyl groups is 1. The summed E-state index contributed by atoms with van der Waals surface area (Å²) in [6, 6.07) is 3.21. The van der Waals surface area contributed by atoms with Crippen LogP contribution in [-0.2, 0) is 19.1 Å². The van der Waals surface area contributed by atoms with Gasteiger partial charge in [-0.05, 0) is 70.6 Å². The number of phenolic OH excluding ortho intramolecular Hbond substituents is 1. The minimum absolute atomic E-state index is 0.0165. The van der Waals surface area contributed by atoms with Crippen molar-refractivity contribution in [2.24, 2.45) is 11.7 Å². The summed E-state index contributed by atoms with van der Waals surface area (Å²) in [7, 11) is 0. The number of unbranched alkanes of at least 4 members (excludes halogenated alkanes) is 1. The maximum absolute atomic E-state index is 14.1. The minimum atomic E-state index is -1.34. The molecule has 1 aromatic carbocycles. The van der Waals surface area contributed by atoms with Gasteiger partial charge in [-0.3, -0.25) is 14.4 Å². The molecule has 10 heteroatoms. The van der Waals surface area contributed by atoms with Gasteiger partial charge in [0.1, 0.15) is 23.4 Å². The molecule has 0 aliphatic carbocycles. The maximum Gasteiger partial charge on any atom is 0.408 e. The molecular weight excluding hydrogens is 488 g/mol. The summed E-state index contributed by atoms with van der Waals surface area (Å²) < 4.78 is 5.31. The number of amides is 4. The molecule has 0 aliphatic heterocycles. The molecule has 0 heterocycles. The summed E-state index contributed by atoms with van der Waals surface area (Å²) in [4.78, 5) is 53.6. The predicted molar refractivity (Wildman–Crippen MR) is 146 cm³/mol.